The zero-order chi connectivity index (χ0) is 21.6. The van der Waals surface area contributed by atoms with Gasteiger partial charge in [-0.1, -0.05) is 36.4 Å². The van der Waals surface area contributed by atoms with Gasteiger partial charge in [-0.05, 0) is 54.4 Å². The Kier molecular flexibility index (Phi) is 6.48. The summed E-state index contributed by atoms with van der Waals surface area (Å²) in [6.45, 7) is 4.30. The van der Waals surface area contributed by atoms with Gasteiger partial charge in [0.05, 0.1) is 5.56 Å². The van der Waals surface area contributed by atoms with Gasteiger partial charge in [-0.25, -0.2) is 4.98 Å². The predicted molar refractivity (Wildman–Crippen MR) is 122 cm³/mol. The van der Waals surface area contributed by atoms with Crippen LogP contribution in [-0.4, -0.2) is 54.1 Å². The number of carbonyl (C=O) groups excluding carboxylic acids is 1. The lowest BCUT2D eigenvalue weighted by molar-refractivity contribution is 0.0948. The van der Waals surface area contributed by atoms with E-state index in [0.717, 1.165) is 48.7 Å². The normalized spacial score (nSPS) is 14.4. The number of piperazine rings is 1. The highest BCUT2D eigenvalue weighted by atomic mass is 16.3. The van der Waals surface area contributed by atoms with Crippen molar-refractivity contribution >= 4 is 11.7 Å². The number of carbonyl (C=O) groups is 1. The van der Waals surface area contributed by atoms with E-state index < -0.39 is 0 Å². The fraction of sp³-hybridized carbons (Fsp3) is 0.280. The van der Waals surface area contributed by atoms with Gasteiger partial charge in [0.1, 0.15) is 11.6 Å². The van der Waals surface area contributed by atoms with Crippen LogP contribution in [-0.2, 0) is 13.0 Å². The van der Waals surface area contributed by atoms with Crippen molar-refractivity contribution in [3.8, 4) is 5.75 Å². The van der Waals surface area contributed by atoms with Crippen molar-refractivity contribution in [2.24, 2.45) is 0 Å². The summed E-state index contributed by atoms with van der Waals surface area (Å²) in [7, 11) is 2.13. The second kappa shape index (κ2) is 9.62. The Labute approximate surface area is 183 Å². The largest absolute Gasteiger partial charge is 0.507 e. The molecule has 1 amide bonds. The number of amides is 1. The second-order valence-corrected chi connectivity index (χ2v) is 8.01. The van der Waals surface area contributed by atoms with E-state index in [1.807, 2.05) is 48.5 Å². The molecule has 1 fully saturated rings. The molecule has 2 aromatic carbocycles. The van der Waals surface area contributed by atoms with Gasteiger partial charge in [-0.2, -0.15) is 0 Å². The minimum Gasteiger partial charge on any atom is -0.507 e. The first-order chi connectivity index (χ1) is 15.1. The first kappa shape index (κ1) is 20.9. The smallest absolute Gasteiger partial charge is 0.255 e. The lowest BCUT2D eigenvalue weighted by Crippen LogP contribution is -2.44. The number of phenols is 1. The van der Waals surface area contributed by atoms with Gasteiger partial charge < -0.3 is 20.2 Å². The van der Waals surface area contributed by atoms with Crippen molar-refractivity contribution in [3.05, 3.63) is 89.1 Å². The van der Waals surface area contributed by atoms with Crippen molar-refractivity contribution in [2.75, 3.05) is 38.1 Å². The van der Waals surface area contributed by atoms with E-state index in [-0.39, 0.29) is 11.7 Å². The number of phenolic OH excluding ortho intramolecular Hbond substituents is 1. The van der Waals surface area contributed by atoms with Crippen LogP contribution < -0.4 is 10.2 Å². The first-order valence-corrected chi connectivity index (χ1v) is 10.6. The highest BCUT2D eigenvalue weighted by Crippen LogP contribution is 2.21. The van der Waals surface area contributed by atoms with Crippen LogP contribution in [0.4, 0.5) is 5.82 Å². The average Bonchev–Trinajstić information content (AvgIpc) is 2.80. The maximum absolute atomic E-state index is 12.8. The molecule has 0 radical (unpaired) electrons. The quantitative estimate of drug-likeness (QED) is 0.646. The third-order valence-corrected chi connectivity index (χ3v) is 5.65. The zero-order valence-corrected chi connectivity index (χ0v) is 17.8. The molecule has 0 spiro atoms. The van der Waals surface area contributed by atoms with E-state index in [4.69, 9.17) is 0 Å². The Balaban J connectivity index is 1.41. The second-order valence-electron chi connectivity index (χ2n) is 8.01. The summed E-state index contributed by atoms with van der Waals surface area (Å²) in [5, 5.41) is 13.2. The van der Waals surface area contributed by atoms with E-state index in [9.17, 15) is 9.90 Å². The minimum absolute atomic E-state index is 0.0119. The number of benzene rings is 2. The van der Waals surface area contributed by atoms with E-state index in [0.29, 0.717) is 18.5 Å². The number of hydrogen-bond acceptors (Lipinski definition) is 5. The molecule has 0 atom stereocenters. The molecule has 0 unspecified atom stereocenters. The number of likely N-dealkylation sites (N-methyl/N-ethyl adjacent to an activating group) is 1. The monoisotopic (exact) mass is 416 g/mol. The molecule has 1 aliphatic rings. The third kappa shape index (κ3) is 5.41. The molecular formula is C25H28N4O2. The van der Waals surface area contributed by atoms with Crippen molar-refractivity contribution in [1.29, 1.82) is 0 Å². The van der Waals surface area contributed by atoms with Gasteiger partial charge in [0.15, 0.2) is 0 Å². The molecule has 4 rings (SSSR count). The molecule has 0 saturated carbocycles. The van der Waals surface area contributed by atoms with Crippen LogP contribution in [0.3, 0.4) is 0 Å². The van der Waals surface area contributed by atoms with Gasteiger partial charge in [0.25, 0.3) is 5.91 Å². The number of nitrogens with one attached hydrogen (secondary N) is 1. The maximum Gasteiger partial charge on any atom is 0.255 e. The molecule has 1 aromatic heterocycles. The van der Waals surface area contributed by atoms with Gasteiger partial charge >= 0.3 is 0 Å². The average molecular weight is 417 g/mol. The molecule has 6 heteroatoms. The number of aromatic hydroxyl groups is 1. The summed E-state index contributed by atoms with van der Waals surface area (Å²) in [5.41, 5.74) is 3.42. The van der Waals surface area contributed by atoms with Crippen LogP contribution in [0, 0.1) is 0 Å². The molecule has 6 nitrogen and oxygen atoms in total. The fourth-order valence-electron chi connectivity index (χ4n) is 3.76. The molecule has 0 bridgehead atoms. The van der Waals surface area contributed by atoms with E-state index in [2.05, 4.69) is 27.1 Å². The summed E-state index contributed by atoms with van der Waals surface area (Å²) < 4.78 is 0. The molecule has 1 aliphatic heterocycles. The molecule has 3 aromatic rings. The lowest BCUT2D eigenvalue weighted by atomic mass is 10.0. The number of nitrogens with zero attached hydrogens (tertiary/aromatic N) is 3. The Morgan fingerprint density at radius 2 is 1.74 bits per heavy atom. The predicted octanol–water partition coefficient (Wildman–Crippen LogP) is 3.06. The molecular weight excluding hydrogens is 388 g/mol. The van der Waals surface area contributed by atoms with Gasteiger partial charge in [-0.15, -0.1) is 0 Å². The fourth-order valence-corrected chi connectivity index (χ4v) is 3.76. The number of aromatic nitrogens is 1. The van der Waals surface area contributed by atoms with Gasteiger partial charge in [0.2, 0.25) is 0 Å². The lowest BCUT2D eigenvalue weighted by Gasteiger charge is -2.33. The number of pyridine rings is 1. The molecule has 31 heavy (non-hydrogen) atoms. The Morgan fingerprint density at radius 3 is 2.52 bits per heavy atom. The van der Waals surface area contributed by atoms with Crippen molar-refractivity contribution in [3.63, 3.8) is 0 Å². The van der Waals surface area contributed by atoms with Gasteiger partial charge in [0, 0.05) is 38.9 Å². The summed E-state index contributed by atoms with van der Waals surface area (Å²) in [6.07, 6.45) is 2.49. The molecule has 0 aliphatic carbocycles. The van der Waals surface area contributed by atoms with Crippen LogP contribution >= 0.6 is 0 Å². The number of rotatable bonds is 6. The Morgan fingerprint density at radius 1 is 0.968 bits per heavy atom. The van der Waals surface area contributed by atoms with Crippen molar-refractivity contribution in [1.82, 2.24) is 15.2 Å². The Bertz CT molecular complexity index is 1030. The molecule has 2 heterocycles. The third-order valence-electron chi connectivity index (χ3n) is 5.65. The van der Waals surface area contributed by atoms with E-state index in [1.165, 1.54) is 0 Å². The van der Waals surface area contributed by atoms with Crippen LogP contribution in [0.25, 0.3) is 0 Å². The minimum atomic E-state index is -0.287. The van der Waals surface area contributed by atoms with Crippen molar-refractivity contribution < 1.29 is 9.90 Å². The molecule has 2 N–H and O–H groups in total. The Hall–Kier alpha value is -3.38. The summed E-state index contributed by atoms with van der Waals surface area (Å²) in [5.74, 6) is 0.639. The maximum atomic E-state index is 12.8. The summed E-state index contributed by atoms with van der Waals surface area (Å²) in [6, 6.07) is 19.2. The zero-order valence-electron chi connectivity index (χ0n) is 17.8. The highest BCUT2D eigenvalue weighted by molar-refractivity contribution is 5.97. The first-order valence-electron chi connectivity index (χ1n) is 10.6. The number of anilines is 1. The molecule has 160 valence electrons. The highest BCUT2D eigenvalue weighted by Gasteiger charge is 2.16. The van der Waals surface area contributed by atoms with Gasteiger partial charge in [-0.3, -0.25) is 4.79 Å². The SMILES string of the molecule is CN1CCN(c2cc(CNC(=O)c3cc(Cc4ccccc4)ccc3O)ccn2)CC1. The van der Waals surface area contributed by atoms with Crippen LogP contribution in [0.2, 0.25) is 0 Å². The van der Waals surface area contributed by atoms with E-state index in [1.54, 1.807) is 18.3 Å². The van der Waals surface area contributed by atoms with E-state index >= 15 is 0 Å². The number of hydrogen-bond donors (Lipinski definition) is 2. The summed E-state index contributed by atoms with van der Waals surface area (Å²) >= 11 is 0. The van der Waals surface area contributed by atoms with Crippen LogP contribution in [0.1, 0.15) is 27.0 Å². The topological polar surface area (TPSA) is 68.7 Å². The van der Waals surface area contributed by atoms with Crippen molar-refractivity contribution in [2.45, 2.75) is 13.0 Å². The van der Waals surface area contributed by atoms with Crippen LogP contribution in [0.15, 0.2) is 66.9 Å². The standard InChI is InChI=1S/C25H28N4O2/c1-28-11-13-29(14-12-28)24-17-21(9-10-26-24)18-27-25(31)22-16-20(7-8-23(22)30)15-19-5-3-2-4-6-19/h2-10,16-17,30H,11-15,18H2,1H3,(H,27,31). The van der Waals surface area contributed by atoms with Crippen LogP contribution in [0.5, 0.6) is 5.75 Å². The molecule has 1 saturated heterocycles. The summed E-state index contributed by atoms with van der Waals surface area (Å²) in [4.78, 5) is 21.8.